The first-order chi connectivity index (χ1) is 6.57. The minimum absolute atomic E-state index is 0.274. The second-order valence-corrected chi connectivity index (χ2v) is 3.24. The lowest BCUT2D eigenvalue weighted by Gasteiger charge is -2.09. The summed E-state index contributed by atoms with van der Waals surface area (Å²) in [5.41, 5.74) is 7.16. The first-order valence-electron chi connectivity index (χ1n) is 4.07. The Balaban J connectivity index is 3.78. The molecule has 0 bridgehead atoms. The van der Waals surface area contributed by atoms with Crippen LogP contribution in [0.1, 0.15) is 19.3 Å². The van der Waals surface area contributed by atoms with Gasteiger partial charge in [-0.1, -0.05) is 4.62 Å². The highest BCUT2D eigenvalue weighted by atomic mass is 31.1. The first kappa shape index (κ1) is 13.4. The van der Waals surface area contributed by atoms with Crippen molar-refractivity contribution in [2.75, 3.05) is 6.54 Å². The number of rotatable bonds is 8. The van der Waals surface area contributed by atoms with Crippen molar-refractivity contribution < 1.29 is 24.0 Å². The number of carboxylic acid groups (broad SMARTS) is 1. The number of carboxylic acids is 1. The average Bonchev–Trinajstić information content (AvgIpc) is 2.10. The van der Waals surface area contributed by atoms with Crippen LogP contribution in [0, 0.1) is 0 Å². The first-order valence-corrected chi connectivity index (χ1v) is 5.17. The molecular formula is C6H13N2O5P. The van der Waals surface area contributed by atoms with Gasteiger partial charge in [-0.15, -0.1) is 5.48 Å². The molecular weight excluding hydrogens is 211 g/mol. The zero-order valence-electron chi connectivity index (χ0n) is 7.51. The number of hydrogen-bond donors (Lipinski definition) is 3. The molecule has 0 aliphatic rings. The van der Waals surface area contributed by atoms with Crippen molar-refractivity contribution in [1.29, 1.82) is 0 Å². The topological polar surface area (TPSA) is 125 Å². The third-order valence-electron chi connectivity index (χ3n) is 1.51. The minimum atomic E-state index is -3.08. The number of aliphatic carboxylic acids is 1. The Morgan fingerprint density at radius 2 is 2.29 bits per heavy atom. The third-order valence-corrected chi connectivity index (χ3v) is 1.77. The van der Waals surface area contributed by atoms with Crippen molar-refractivity contribution in [3.63, 3.8) is 0 Å². The Kier molecular flexibility index (Phi) is 7.45. The summed E-state index contributed by atoms with van der Waals surface area (Å²) in [5.74, 6) is -1.15. The van der Waals surface area contributed by atoms with Crippen LogP contribution < -0.4 is 16.1 Å². The maximum atomic E-state index is 10.5. The highest BCUT2D eigenvalue weighted by molar-refractivity contribution is 7.30. The smallest absolute Gasteiger partial charge is 0.507 e. The zero-order chi connectivity index (χ0) is 11.0. The molecule has 0 saturated carbocycles. The average molecular weight is 224 g/mol. The van der Waals surface area contributed by atoms with Crippen LogP contribution in [0.25, 0.3) is 0 Å². The molecule has 82 valence electrons. The summed E-state index contributed by atoms with van der Waals surface area (Å²) in [7, 11) is -3.08. The van der Waals surface area contributed by atoms with Gasteiger partial charge in [0.15, 0.2) is 0 Å². The summed E-state index contributed by atoms with van der Waals surface area (Å²) in [6.45, 7) is 0.475. The molecule has 0 aliphatic heterocycles. The Hall–Kier alpha value is -0.590. The van der Waals surface area contributed by atoms with E-state index in [1.54, 1.807) is 0 Å². The van der Waals surface area contributed by atoms with Crippen LogP contribution in [0.5, 0.6) is 0 Å². The number of hydroxylamine groups is 1. The standard InChI is InChI=1S/C6H13N2O5P/c7-4-2-1-3-5(6(9)10)8-13-14(11)12/h5,8H,1-4,7H2,(H,9,10). The fraction of sp³-hybridized carbons (Fsp3) is 0.833. The van der Waals surface area contributed by atoms with Crippen molar-refractivity contribution in [3.8, 4) is 0 Å². The summed E-state index contributed by atoms with van der Waals surface area (Å²) in [6, 6.07) is -1.02. The molecule has 4 N–H and O–H groups in total. The number of hydrogen-bond acceptors (Lipinski definition) is 6. The van der Waals surface area contributed by atoms with Crippen molar-refractivity contribution >= 4 is 14.2 Å². The Bertz CT molecular complexity index is 201. The van der Waals surface area contributed by atoms with Crippen LogP contribution in [0.3, 0.4) is 0 Å². The molecule has 0 saturated heterocycles. The molecule has 0 aromatic carbocycles. The lowest BCUT2D eigenvalue weighted by Crippen LogP contribution is -2.35. The molecule has 0 aromatic heterocycles. The second-order valence-electron chi connectivity index (χ2n) is 2.61. The molecule has 0 fully saturated rings. The van der Waals surface area contributed by atoms with Gasteiger partial charge in [0.2, 0.25) is 0 Å². The predicted octanol–water partition coefficient (Wildman–Crippen LogP) is -0.892. The molecule has 0 amide bonds. The summed E-state index contributed by atoms with van der Waals surface area (Å²) in [4.78, 5) is 20.5. The molecule has 0 aliphatic carbocycles. The molecule has 0 radical (unpaired) electrons. The molecule has 0 spiro atoms. The molecule has 2 atom stereocenters. The fourth-order valence-corrected chi connectivity index (χ4v) is 1.05. The SMILES string of the molecule is NCCCCC(NO[P+](=O)[O-])C(=O)O. The van der Waals surface area contributed by atoms with Crippen molar-refractivity contribution in [2.24, 2.45) is 5.73 Å². The maximum absolute atomic E-state index is 10.5. The number of nitrogens with one attached hydrogen (secondary N) is 1. The maximum Gasteiger partial charge on any atom is 0.507 e. The molecule has 0 aromatic rings. The summed E-state index contributed by atoms with van der Waals surface area (Å²) < 4.78 is 14.0. The van der Waals surface area contributed by atoms with Gasteiger partial charge in [0.25, 0.3) is 0 Å². The zero-order valence-corrected chi connectivity index (χ0v) is 8.40. The Morgan fingerprint density at radius 1 is 1.64 bits per heavy atom. The monoisotopic (exact) mass is 224 g/mol. The molecule has 0 heterocycles. The van der Waals surface area contributed by atoms with E-state index < -0.39 is 20.3 Å². The van der Waals surface area contributed by atoms with Crippen LogP contribution in [0.15, 0.2) is 0 Å². The van der Waals surface area contributed by atoms with E-state index in [4.69, 9.17) is 10.8 Å². The third kappa shape index (κ3) is 6.88. The Morgan fingerprint density at radius 3 is 2.71 bits per heavy atom. The van der Waals surface area contributed by atoms with Gasteiger partial charge in [-0.05, 0) is 30.4 Å². The summed E-state index contributed by atoms with van der Waals surface area (Å²) in [6.07, 6.45) is 1.56. The van der Waals surface area contributed by atoms with E-state index in [0.29, 0.717) is 19.4 Å². The largest absolute Gasteiger partial charge is 0.565 e. The van der Waals surface area contributed by atoms with Crippen molar-refractivity contribution in [2.45, 2.75) is 25.3 Å². The summed E-state index contributed by atoms with van der Waals surface area (Å²) >= 11 is 0. The van der Waals surface area contributed by atoms with Gasteiger partial charge < -0.3 is 15.7 Å². The van der Waals surface area contributed by atoms with E-state index in [0.717, 1.165) is 0 Å². The highest BCUT2D eigenvalue weighted by Gasteiger charge is 2.19. The van der Waals surface area contributed by atoms with E-state index in [2.05, 4.69) is 4.62 Å². The minimum Gasteiger partial charge on any atom is -0.565 e. The van der Waals surface area contributed by atoms with Gasteiger partial charge in [0.1, 0.15) is 6.04 Å². The van der Waals surface area contributed by atoms with E-state index in [1.807, 2.05) is 5.48 Å². The van der Waals surface area contributed by atoms with Crippen LogP contribution in [-0.4, -0.2) is 23.7 Å². The molecule has 14 heavy (non-hydrogen) atoms. The van der Waals surface area contributed by atoms with Crippen LogP contribution in [0.2, 0.25) is 0 Å². The van der Waals surface area contributed by atoms with Gasteiger partial charge in [-0.3, -0.25) is 4.79 Å². The number of carbonyl (C=O) groups is 1. The molecule has 2 unspecified atom stereocenters. The predicted molar refractivity (Wildman–Crippen MR) is 46.2 cm³/mol. The number of nitrogens with two attached hydrogens (primary N) is 1. The lowest BCUT2D eigenvalue weighted by atomic mass is 10.1. The van der Waals surface area contributed by atoms with Crippen LogP contribution in [-0.2, 0) is 14.0 Å². The van der Waals surface area contributed by atoms with E-state index in [9.17, 15) is 14.3 Å². The van der Waals surface area contributed by atoms with Gasteiger partial charge >= 0.3 is 14.2 Å². The van der Waals surface area contributed by atoms with Crippen LogP contribution >= 0.6 is 8.25 Å². The van der Waals surface area contributed by atoms with E-state index in [1.165, 1.54) is 0 Å². The van der Waals surface area contributed by atoms with Gasteiger partial charge in [0.05, 0.1) is 0 Å². The van der Waals surface area contributed by atoms with E-state index in [-0.39, 0.29) is 6.42 Å². The van der Waals surface area contributed by atoms with Crippen molar-refractivity contribution in [1.82, 2.24) is 5.48 Å². The van der Waals surface area contributed by atoms with Gasteiger partial charge in [-0.25, -0.2) is 0 Å². The molecule has 0 rings (SSSR count). The molecule has 8 heteroatoms. The summed E-state index contributed by atoms with van der Waals surface area (Å²) in [5, 5.41) is 8.61. The van der Waals surface area contributed by atoms with Gasteiger partial charge in [-0.2, -0.15) is 0 Å². The lowest BCUT2D eigenvalue weighted by molar-refractivity contribution is -0.192. The number of unbranched alkanes of at least 4 members (excludes halogenated alkanes) is 1. The van der Waals surface area contributed by atoms with Gasteiger partial charge in [0, 0.05) is 0 Å². The highest BCUT2D eigenvalue weighted by Crippen LogP contribution is 2.08. The fourth-order valence-electron chi connectivity index (χ4n) is 0.832. The molecule has 7 nitrogen and oxygen atoms in total. The van der Waals surface area contributed by atoms with Crippen molar-refractivity contribution in [3.05, 3.63) is 0 Å². The Labute approximate surface area is 82.1 Å². The quantitative estimate of drug-likeness (QED) is 0.277. The van der Waals surface area contributed by atoms with E-state index >= 15 is 0 Å². The van der Waals surface area contributed by atoms with Crippen LogP contribution in [0.4, 0.5) is 0 Å². The normalized spacial score (nSPS) is 13.7. The second kappa shape index (κ2) is 7.78.